The summed E-state index contributed by atoms with van der Waals surface area (Å²) in [6.07, 6.45) is 0. The van der Waals surface area contributed by atoms with Crippen LogP contribution >= 0.6 is 35.3 Å². The molecule has 10 heteroatoms. The van der Waals surface area contributed by atoms with E-state index in [-0.39, 0.29) is 17.2 Å². The number of para-hydroxylation sites is 1. The van der Waals surface area contributed by atoms with Crippen LogP contribution in [0.4, 0.5) is 10.1 Å². The van der Waals surface area contributed by atoms with Gasteiger partial charge in [0.2, 0.25) is 5.91 Å². The van der Waals surface area contributed by atoms with E-state index in [9.17, 15) is 14.0 Å². The minimum absolute atomic E-state index is 0.0119. The van der Waals surface area contributed by atoms with Crippen LogP contribution < -0.4 is 10.9 Å². The van der Waals surface area contributed by atoms with E-state index in [1.807, 2.05) is 30.3 Å². The number of amides is 1. The number of thioether (sulfide) groups is 1. The molecule has 6 nitrogen and oxygen atoms in total. The lowest BCUT2D eigenvalue weighted by Crippen LogP contribution is -2.21. The summed E-state index contributed by atoms with van der Waals surface area (Å²) in [7, 11) is 1.61. The van der Waals surface area contributed by atoms with Gasteiger partial charge < -0.3 is 5.32 Å². The molecule has 2 aromatic heterocycles. The summed E-state index contributed by atoms with van der Waals surface area (Å²) >= 11 is 7.81. The summed E-state index contributed by atoms with van der Waals surface area (Å²) in [5, 5.41) is 3.09. The third kappa shape index (κ3) is 4.32. The number of rotatable bonds is 5. The minimum atomic E-state index is -0.425. The Morgan fingerprint density at radius 2 is 2.00 bits per heavy atom. The molecule has 4 aromatic rings. The minimum Gasteiger partial charge on any atom is -0.325 e. The number of fused-ring (bicyclic) bond motifs is 1. The second-order valence-corrected chi connectivity index (χ2v) is 9.33. The van der Waals surface area contributed by atoms with Crippen molar-refractivity contribution < 1.29 is 9.18 Å². The third-order valence-electron chi connectivity index (χ3n) is 4.59. The van der Waals surface area contributed by atoms with E-state index in [0.29, 0.717) is 25.1 Å². The van der Waals surface area contributed by atoms with Crippen LogP contribution in [0, 0.1) is 16.7 Å². The Bertz CT molecular complexity index is 1410. The molecular formula is C21H17FN4O2S3. The predicted molar refractivity (Wildman–Crippen MR) is 126 cm³/mol. The van der Waals surface area contributed by atoms with E-state index in [4.69, 9.17) is 12.2 Å². The van der Waals surface area contributed by atoms with Crippen LogP contribution in [0.5, 0.6) is 0 Å². The van der Waals surface area contributed by atoms with E-state index in [2.05, 4.69) is 10.3 Å². The molecule has 0 radical (unpaired) electrons. The van der Waals surface area contributed by atoms with Gasteiger partial charge in [-0.2, -0.15) is 0 Å². The summed E-state index contributed by atoms with van der Waals surface area (Å²) in [6, 6.07) is 13.7. The van der Waals surface area contributed by atoms with Gasteiger partial charge in [-0.15, -0.1) is 0 Å². The number of halogens is 1. The fourth-order valence-electron chi connectivity index (χ4n) is 2.99. The molecule has 0 atom stereocenters. The molecule has 2 heterocycles. The number of hydrogen-bond acceptors (Lipinski definition) is 6. The van der Waals surface area contributed by atoms with E-state index in [0.717, 1.165) is 23.0 Å². The highest BCUT2D eigenvalue weighted by Gasteiger charge is 2.17. The lowest BCUT2D eigenvalue weighted by molar-refractivity contribution is -0.113. The molecule has 1 amide bonds. The van der Waals surface area contributed by atoms with Gasteiger partial charge >= 0.3 is 0 Å². The first kappa shape index (κ1) is 21.4. The number of aryl methyl sites for hydroxylation is 1. The molecule has 0 saturated carbocycles. The first-order chi connectivity index (χ1) is 14.8. The maximum absolute atomic E-state index is 13.5. The van der Waals surface area contributed by atoms with Crippen molar-refractivity contribution in [1.29, 1.82) is 0 Å². The molecular weight excluding hydrogens is 455 g/mol. The standard InChI is InChI=1S/C21H17FN4O2S3/c1-12-8-9-13(22)10-15(12)23-16(27)11-30-20-24-18-17(19(28)25(20)2)31-21(29)26(18)14-6-4-3-5-7-14/h3-10H,11H2,1-2H3,(H,23,27). The Morgan fingerprint density at radius 1 is 1.26 bits per heavy atom. The van der Waals surface area contributed by atoms with Crippen molar-refractivity contribution in [2.24, 2.45) is 7.05 Å². The van der Waals surface area contributed by atoms with Crippen molar-refractivity contribution >= 4 is 57.3 Å². The summed E-state index contributed by atoms with van der Waals surface area (Å²) in [5.74, 6) is -0.734. The van der Waals surface area contributed by atoms with Gasteiger partial charge in [0.05, 0.1) is 5.75 Å². The maximum atomic E-state index is 13.5. The van der Waals surface area contributed by atoms with Gasteiger partial charge in [0, 0.05) is 18.4 Å². The summed E-state index contributed by atoms with van der Waals surface area (Å²) in [6.45, 7) is 1.78. The Kier molecular flexibility index (Phi) is 6.03. The second kappa shape index (κ2) is 8.74. The second-order valence-electron chi connectivity index (χ2n) is 6.75. The molecule has 0 unspecified atom stereocenters. The molecule has 0 spiro atoms. The average molecular weight is 473 g/mol. The number of aromatic nitrogens is 3. The summed E-state index contributed by atoms with van der Waals surface area (Å²) in [5.41, 5.74) is 2.23. The van der Waals surface area contributed by atoms with Crippen LogP contribution in [0.25, 0.3) is 16.0 Å². The van der Waals surface area contributed by atoms with Gasteiger partial charge in [0.15, 0.2) is 14.8 Å². The van der Waals surface area contributed by atoms with Crippen molar-refractivity contribution in [3.05, 3.63) is 74.2 Å². The fraction of sp³-hybridized carbons (Fsp3) is 0.143. The normalized spacial score (nSPS) is 11.1. The van der Waals surface area contributed by atoms with Crippen molar-refractivity contribution in [2.45, 2.75) is 12.1 Å². The van der Waals surface area contributed by atoms with E-state index < -0.39 is 5.82 Å². The largest absolute Gasteiger partial charge is 0.325 e. The number of nitrogens with zero attached hydrogens (tertiary/aromatic N) is 3. The highest BCUT2D eigenvalue weighted by Crippen LogP contribution is 2.25. The Labute approximate surface area is 190 Å². The van der Waals surface area contributed by atoms with Gasteiger partial charge in [-0.3, -0.25) is 18.7 Å². The third-order valence-corrected chi connectivity index (χ3v) is 6.98. The van der Waals surface area contributed by atoms with E-state index in [1.54, 1.807) is 24.6 Å². The highest BCUT2D eigenvalue weighted by molar-refractivity contribution is 7.99. The van der Waals surface area contributed by atoms with E-state index in [1.165, 1.54) is 28.0 Å². The van der Waals surface area contributed by atoms with Crippen LogP contribution in [0.1, 0.15) is 5.56 Å². The number of nitrogens with one attached hydrogen (secondary N) is 1. The molecule has 0 aliphatic rings. The first-order valence-electron chi connectivity index (χ1n) is 9.22. The monoisotopic (exact) mass is 472 g/mol. The van der Waals surface area contributed by atoms with Crippen LogP contribution in [-0.2, 0) is 11.8 Å². The van der Waals surface area contributed by atoms with Crippen molar-refractivity contribution in [1.82, 2.24) is 14.1 Å². The molecule has 0 saturated heterocycles. The molecule has 0 aliphatic heterocycles. The number of hydrogen-bond donors (Lipinski definition) is 1. The molecule has 158 valence electrons. The van der Waals surface area contributed by atoms with E-state index >= 15 is 0 Å². The Hall–Kier alpha value is -2.82. The molecule has 2 aromatic carbocycles. The van der Waals surface area contributed by atoms with Crippen molar-refractivity contribution in [3.8, 4) is 5.69 Å². The molecule has 0 fully saturated rings. The van der Waals surface area contributed by atoms with Crippen LogP contribution in [0.3, 0.4) is 0 Å². The zero-order valence-corrected chi connectivity index (χ0v) is 19.0. The zero-order valence-electron chi connectivity index (χ0n) is 16.6. The topological polar surface area (TPSA) is 68.9 Å². The zero-order chi connectivity index (χ0) is 22.1. The molecule has 31 heavy (non-hydrogen) atoms. The van der Waals surface area contributed by atoms with Gasteiger partial charge in [0.1, 0.15) is 10.5 Å². The van der Waals surface area contributed by atoms with Gasteiger partial charge in [-0.1, -0.05) is 47.4 Å². The average Bonchev–Trinajstić information content (AvgIpc) is 3.09. The lowest BCUT2D eigenvalue weighted by atomic mass is 10.2. The van der Waals surface area contributed by atoms with Gasteiger partial charge in [-0.25, -0.2) is 9.37 Å². The maximum Gasteiger partial charge on any atom is 0.273 e. The molecule has 4 rings (SSSR count). The van der Waals surface area contributed by atoms with Crippen molar-refractivity contribution in [3.63, 3.8) is 0 Å². The first-order valence-corrected chi connectivity index (χ1v) is 11.4. The summed E-state index contributed by atoms with van der Waals surface area (Å²) in [4.78, 5) is 29.9. The van der Waals surface area contributed by atoms with Crippen LogP contribution in [0.2, 0.25) is 0 Å². The predicted octanol–water partition coefficient (Wildman–Crippen LogP) is 4.69. The smallest absolute Gasteiger partial charge is 0.273 e. The highest BCUT2D eigenvalue weighted by atomic mass is 32.2. The summed E-state index contributed by atoms with van der Waals surface area (Å²) < 4.78 is 17.6. The fourth-order valence-corrected chi connectivity index (χ4v) is 5.10. The number of thiazole rings is 1. The SMILES string of the molecule is Cc1ccc(F)cc1NC(=O)CSc1nc2c(sc(=S)n2-c2ccccc2)c(=O)n1C. The lowest BCUT2D eigenvalue weighted by Gasteiger charge is -2.10. The van der Waals surface area contributed by atoms with Crippen LogP contribution in [0.15, 0.2) is 58.5 Å². The molecule has 1 N–H and O–H groups in total. The molecule has 0 bridgehead atoms. The Balaban J connectivity index is 1.64. The Morgan fingerprint density at radius 3 is 2.74 bits per heavy atom. The number of carbonyl (C=O) groups is 1. The quantitative estimate of drug-likeness (QED) is 0.259. The van der Waals surface area contributed by atoms with Gasteiger partial charge in [-0.05, 0) is 49.0 Å². The number of benzene rings is 2. The number of anilines is 1. The molecule has 0 aliphatic carbocycles. The van der Waals surface area contributed by atoms with Crippen molar-refractivity contribution in [2.75, 3.05) is 11.1 Å². The van der Waals surface area contributed by atoms with Crippen LogP contribution in [-0.4, -0.2) is 25.8 Å². The van der Waals surface area contributed by atoms with Gasteiger partial charge in [0.25, 0.3) is 5.56 Å². The number of carbonyl (C=O) groups excluding carboxylic acids is 1.